The average molecular weight is 348 g/mol. The molecule has 0 heterocycles. The highest BCUT2D eigenvalue weighted by Crippen LogP contribution is 2.23. The van der Waals surface area contributed by atoms with Crippen LogP contribution in [0.4, 0.5) is 5.69 Å². The third-order valence-corrected chi connectivity index (χ3v) is 4.23. The molecule has 0 unspecified atom stereocenters. The number of nitrogens with zero attached hydrogens (tertiary/aromatic N) is 1. The van der Waals surface area contributed by atoms with Crippen molar-refractivity contribution >= 4 is 5.69 Å². The number of hydrogen-bond acceptors (Lipinski definition) is 1. The van der Waals surface area contributed by atoms with Gasteiger partial charge in [-0.15, -0.1) is 0 Å². The SMILES string of the molecule is C=C/C(=C\N(C)c1ccc(CC)cc1C)C(C)=CCC.c1ccccc1. The molecule has 1 heteroatoms. The lowest BCUT2D eigenvalue weighted by Crippen LogP contribution is -2.11. The summed E-state index contributed by atoms with van der Waals surface area (Å²) < 4.78 is 0. The Morgan fingerprint density at radius 1 is 1.04 bits per heavy atom. The molecule has 0 fully saturated rings. The van der Waals surface area contributed by atoms with Gasteiger partial charge in [0.05, 0.1) is 0 Å². The van der Waals surface area contributed by atoms with E-state index in [1.807, 2.05) is 42.5 Å². The van der Waals surface area contributed by atoms with Gasteiger partial charge in [-0.05, 0) is 55.0 Å². The lowest BCUT2D eigenvalue weighted by atomic mass is 10.1. The van der Waals surface area contributed by atoms with Gasteiger partial charge in [0.25, 0.3) is 0 Å². The molecular formula is C25H33N. The fraction of sp³-hybridized carbons (Fsp3) is 0.280. The van der Waals surface area contributed by atoms with Crippen LogP contribution >= 0.6 is 0 Å². The van der Waals surface area contributed by atoms with Gasteiger partial charge in [-0.3, -0.25) is 0 Å². The summed E-state index contributed by atoms with van der Waals surface area (Å²) in [5.41, 5.74) is 6.38. The second-order valence-corrected chi connectivity index (χ2v) is 6.32. The van der Waals surface area contributed by atoms with Crippen LogP contribution in [0.2, 0.25) is 0 Å². The Bertz CT molecular complexity index is 696. The highest BCUT2D eigenvalue weighted by molar-refractivity contribution is 5.57. The van der Waals surface area contributed by atoms with Gasteiger partial charge in [0.2, 0.25) is 0 Å². The van der Waals surface area contributed by atoms with Gasteiger partial charge in [-0.25, -0.2) is 0 Å². The Labute approximate surface area is 160 Å². The summed E-state index contributed by atoms with van der Waals surface area (Å²) in [4.78, 5) is 2.18. The fourth-order valence-corrected chi connectivity index (χ4v) is 2.74. The Morgan fingerprint density at radius 2 is 1.62 bits per heavy atom. The van der Waals surface area contributed by atoms with Crippen molar-refractivity contribution in [1.29, 1.82) is 0 Å². The van der Waals surface area contributed by atoms with Crippen LogP contribution in [0.15, 0.2) is 90.7 Å². The van der Waals surface area contributed by atoms with Crippen molar-refractivity contribution in [2.24, 2.45) is 0 Å². The predicted octanol–water partition coefficient (Wildman–Crippen LogP) is 7.11. The molecule has 0 saturated carbocycles. The zero-order valence-electron chi connectivity index (χ0n) is 17.0. The predicted molar refractivity (Wildman–Crippen MR) is 118 cm³/mol. The molecule has 0 atom stereocenters. The first-order valence-electron chi connectivity index (χ1n) is 9.37. The maximum absolute atomic E-state index is 3.93. The molecule has 0 spiro atoms. The van der Waals surface area contributed by atoms with Crippen LogP contribution < -0.4 is 4.90 Å². The third kappa shape index (κ3) is 7.14. The van der Waals surface area contributed by atoms with Gasteiger partial charge in [-0.2, -0.15) is 0 Å². The summed E-state index contributed by atoms with van der Waals surface area (Å²) >= 11 is 0. The minimum Gasteiger partial charge on any atom is -0.350 e. The first kappa shape index (κ1) is 21.5. The largest absolute Gasteiger partial charge is 0.350 e. The second kappa shape index (κ2) is 11.9. The molecule has 1 nitrogen and oxygen atoms in total. The standard InChI is InChI=1S/C19H27N.C6H6/c1-7-10-15(4)18(9-3)14-20(6)19-12-11-17(8-2)13-16(19)5;1-2-4-6-5-3-1/h9-14H,3,7-8H2,1-2,4-6H3;1-6H/b15-10?,18-14+;. The van der Waals surface area contributed by atoms with E-state index >= 15 is 0 Å². The maximum atomic E-state index is 3.93. The molecule has 2 aromatic rings. The van der Waals surface area contributed by atoms with Gasteiger partial charge >= 0.3 is 0 Å². The molecule has 0 saturated heterocycles. The van der Waals surface area contributed by atoms with Crippen LogP contribution in [0.1, 0.15) is 38.3 Å². The Hall–Kier alpha value is -2.54. The molecule has 0 bridgehead atoms. The topological polar surface area (TPSA) is 3.24 Å². The zero-order valence-corrected chi connectivity index (χ0v) is 17.0. The first-order valence-corrected chi connectivity index (χ1v) is 9.37. The van der Waals surface area contributed by atoms with Crippen molar-refractivity contribution in [3.63, 3.8) is 0 Å². The average Bonchev–Trinajstić information content (AvgIpc) is 2.67. The van der Waals surface area contributed by atoms with Crippen LogP contribution in [-0.4, -0.2) is 7.05 Å². The van der Waals surface area contributed by atoms with Gasteiger partial charge < -0.3 is 4.90 Å². The van der Waals surface area contributed by atoms with Crippen molar-refractivity contribution in [3.8, 4) is 0 Å². The van der Waals surface area contributed by atoms with Crippen LogP contribution in [-0.2, 0) is 6.42 Å². The summed E-state index contributed by atoms with van der Waals surface area (Å²) in [6.45, 7) is 12.6. The lowest BCUT2D eigenvalue weighted by Gasteiger charge is -2.19. The van der Waals surface area contributed by atoms with Gasteiger partial charge in [0.15, 0.2) is 0 Å². The van der Waals surface area contributed by atoms with Crippen molar-refractivity contribution in [1.82, 2.24) is 0 Å². The van der Waals surface area contributed by atoms with Gasteiger partial charge in [-0.1, -0.05) is 81.1 Å². The molecule has 0 radical (unpaired) electrons. The molecule has 2 aromatic carbocycles. The molecule has 0 aliphatic rings. The maximum Gasteiger partial charge on any atom is 0.0433 e. The number of aryl methyl sites for hydroxylation is 2. The number of anilines is 1. The van der Waals surface area contributed by atoms with E-state index in [1.54, 1.807) is 0 Å². The molecule has 2 rings (SSSR count). The lowest BCUT2D eigenvalue weighted by molar-refractivity contribution is 1.11. The van der Waals surface area contributed by atoms with Crippen LogP contribution in [0.3, 0.4) is 0 Å². The molecule has 0 aliphatic carbocycles. The van der Waals surface area contributed by atoms with E-state index in [-0.39, 0.29) is 0 Å². The highest BCUT2D eigenvalue weighted by atomic mass is 15.1. The Kier molecular flexibility index (Phi) is 9.86. The quantitative estimate of drug-likeness (QED) is 0.503. The van der Waals surface area contributed by atoms with E-state index in [2.05, 4.69) is 76.7 Å². The highest BCUT2D eigenvalue weighted by Gasteiger charge is 2.04. The van der Waals surface area contributed by atoms with E-state index in [0.29, 0.717) is 0 Å². The summed E-state index contributed by atoms with van der Waals surface area (Å²) in [7, 11) is 2.09. The molecule has 0 aromatic heterocycles. The normalized spacial score (nSPS) is 11.4. The summed E-state index contributed by atoms with van der Waals surface area (Å²) in [5, 5.41) is 0. The van der Waals surface area contributed by atoms with Crippen LogP contribution in [0, 0.1) is 6.92 Å². The smallest absolute Gasteiger partial charge is 0.0433 e. The van der Waals surface area contributed by atoms with E-state index in [4.69, 9.17) is 0 Å². The molecule has 0 N–H and O–H groups in total. The Morgan fingerprint density at radius 3 is 2.04 bits per heavy atom. The second-order valence-electron chi connectivity index (χ2n) is 6.32. The minimum absolute atomic E-state index is 1.05. The molecule has 138 valence electrons. The van der Waals surface area contributed by atoms with E-state index in [0.717, 1.165) is 12.8 Å². The van der Waals surface area contributed by atoms with Crippen molar-refractivity contribution in [2.45, 2.75) is 40.5 Å². The minimum atomic E-state index is 1.05. The van der Waals surface area contributed by atoms with Crippen molar-refractivity contribution < 1.29 is 0 Å². The molecular weight excluding hydrogens is 314 g/mol. The van der Waals surface area contributed by atoms with Crippen LogP contribution in [0.25, 0.3) is 0 Å². The van der Waals surface area contributed by atoms with E-state index < -0.39 is 0 Å². The third-order valence-electron chi connectivity index (χ3n) is 4.23. The fourth-order valence-electron chi connectivity index (χ4n) is 2.74. The first-order chi connectivity index (χ1) is 12.5. The van der Waals surface area contributed by atoms with E-state index in [1.165, 1.54) is 28.0 Å². The number of benzene rings is 2. The van der Waals surface area contributed by atoms with E-state index in [9.17, 15) is 0 Å². The molecule has 0 aliphatic heterocycles. The summed E-state index contributed by atoms with van der Waals surface area (Å²) in [6, 6.07) is 18.7. The van der Waals surface area contributed by atoms with Crippen molar-refractivity contribution in [2.75, 3.05) is 11.9 Å². The zero-order chi connectivity index (χ0) is 19.4. The van der Waals surface area contributed by atoms with Gasteiger partial charge in [0, 0.05) is 18.9 Å². The number of rotatable bonds is 6. The summed E-state index contributed by atoms with van der Waals surface area (Å²) in [6.07, 6.45) is 8.44. The molecule has 26 heavy (non-hydrogen) atoms. The number of hydrogen-bond donors (Lipinski definition) is 0. The monoisotopic (exact) mass is 347 g/mol. The Balaban J connectivity index is 0.000000472. The van der Waals surface area contributed by atoms with Crippen LogP contribution in [0.5, 0.6) is 0 Å². The van der Waals surface area contributed by atoms with Gasteiger partial charge in [0.1, 0.15) is 0 Å². The molecule has 0 amide bonds. The number of allylic oxidation sites excluding steroid dienone is 4. The summed E-state index contributed by atoms with van der Waals surface area (Å²) in [5.74, 6) is 0. The van der Waals surface area contributed by atoms with Crippen molar-refractivity contribution in [3.05, 3.63) is 102 Å².